The number of amides is 1. The lowest BCUT2D eigenvalue weighted by molar-refractivity contribution is 0.0941. The maximum atomic E-state index is 12.3. The molecule has 0 spiro atoms. The molecule has 0 bridgehead atoms. The van der Waals surface area contributed by atoms with Crippen LogP contribution in [-0.2, 0) is 18.6 Å². The number of rotatable bonds is 7. The highest BCUT2D eigenvalue weighted by molar-refractivity contribution is 7.98. The van der Waals surface area contributed by atoms with Crippen LogP contribution in [0.4, 0.5) is 0 Å². The summed E-state index contributed by atoms with van der Waals surface area (Å²) in [4.78, 5) is 13.3. The average molecular weight is 401 g/mol. The number of aromatic amines is 1. The summed E-state index contributed by atoms with van der Waals surface area (Å²) in [6.07, 6.45) is 1.99. The summed E-state index contributed by atoms with van der Waals surface area (Å²) in [5.74, 6) is 0.940. The van der Waals surface area contributed by atoms with Crippen molar-refractivity contribution in [1.29, 1.82) is 0 Å². The Kier molecular flexibility index (Phi) is 6.08. The Morgan fingerprint density at radius 1 is 1.29 bits per heavy atom. The number of benzene rings is 1. The Bertz CT molecular complexity index is 943. The minimum atomic E-state index is -0.313. The van der Waals surface area contributed by atoms with Crippen molar-refractivity contribution in [2.75, 3.05) is 6.26 Å². The number of ether oxygens (including phenoxy) is 1. The predicted octanol–water partition coefficient (Wildman–Crippen LogP) is 3.93. The molecule has 1 aromatic carbocycles. The number of thioether (sulfide) groups is 1. The van der Waals surface area contributed by atoms with Gasteiger partial charge in [0, 0.05) is 16.4 Å². The van der Waals surface area contributed by atoms with E-state index in [0.717, 1.165) is 22.0 Å². The van der Waals surface area contributed by atoms with Crippen LogP contribution in [0.15, 0.2) is 45.8 Å². The number of para-hydroxylation sites is 1. The third-order valence-electron chi connectivity index (χ3n) is 4.07. The van der Waals surface area contributed by atoms with Crippen molar-refractivity contribution in [2.24, 2.45) is 0 Å². The van der Waals surface area contributed by atoms with E-state index in [1.54, 1.807) is 17.8 Å². The van der Waals surface area contributed by atoms with Crippen LogP contribution < -0.4 is 10.1 Å². The second-order valence-corrected chi connectivity index (χ2v) is 8.18. The largest absolute Gasteiger partial charge is 0.484 e. The van der Waals surface area contributed by atoms with Crippen LogP contribution in [0.3, 0.4) is 0 Å². The molecule has 0 saturated heterocycles. The molecule has 0 atom stereocenters. The zero-order valence-electron chi connectivity index (χ0n) is 16.4. The molecule has 0 saturated carbocycles. The number of carbonyl (C=O) groups excluding carboxylic acids is 1. The summed E-state index contributed by atoms with van der Waals surface area (Å²) in [5, 5.41) is 13.9. The third-order valence-corrected chi connectivity index (χ3v) is 4.85. The highest BCUT2D eigenvalue weighted by atomic mass is 32.2. The lowest BCUT2D eigenvalue weighted by atomic mass is 9.92. The molecule has 2 heterocycles. The van der Waals surface area contributed by atoms with Gasteiger partial charge in [0.25, 0.3) is 5.91 Å². The van der Waals surface area contributed by atoms with Crippen molar-refractivity contribution in [2.45, 2.75) is 44.2 Å². The van der Waals surface area contributed by atoms with E-state index in [9.17, 15) is 4.79 Å². The zero-order valence-corrected chi connectivity index (χ0v) is 17.2. The van der Waals surface area contributed by atoms with Gasteiger partial charge in [-0.2, -0.15) is 5.10 Å². The molecule has 28 heavy (non-hydrogen) atoms. The summed E-state index contributed by atoms with van der Waals surface area (Å²) in [6.45, 7) is 6.79. The second-order valence-electron chi connectivity index (χ2n) is 7.33. The first-order valence-electron chi connectivity index (χ1n) is 8.91. The standard InChI is InChI=1S/C20H24N4O3S/c1-20(2,3)18-9-13(22-23-18)11-21-19(25)15-10-14(27-24-15)12-26-16-7-5-6-8-17(16)28-4/h5-10H,11-12H2,1-4H3,(H,21,25)(H,22,23). The Labute approximate surface area is 168 Å². The molecule has 148 valence electrons. The summed E-state index contributed by atoms with van der Waals surface area (Å²) in [6, 6.07) is 11.3. The van der Waals surface area contributed by atoms with E-state index < -0.39 is 0 Å². The number of carbonyl (C=O) groups is 1. The van der Waals surface area contributed by atoms with Gasteiger partial charge in [-0.25, -0.2) is 0 Å². The van der Waals surface area contributed by atoms with E-state index in [0.29, 0.717) is 12.3 Å². The van der Waals surface area contributed by atoms with Crippen LogP contribution in [0.25, 0.3) is 0 Å². The second kappa shape index (κ2) is 8.52. The van der Waals surface area contributed by atoms with Gasteiger partial charge in [-0.05, 0) is 24.5 Å². The Balaban J connectivity index is 1.54. The van der Waals surface area contributed by atoms with Crippen LogP contribution in [0.5, 0.6) is 5.75 Å². The fraction of sp³-hybridized carbons (Fsp3) is 0.350. The lowest BCUT2D eigenvalue weighted by Gasteiger charge is -2.13. The number of H-pyrrole nitrogens is 1. The molecule has 8 heteroatoms. The van der Waals surface area contributed by atoms with Crippen molar-refractivity contribution in [3.05, 3.63) is 59.2 Å². The Hall–Kier alpha value is -2.74. The molecule has 3 aromatic rings. The van der Waals surface area contributed by atoms with Crippen molar-refractivity contribution in [3.8, 4) is 5.75 Å². The van der Waals surface area contributed by atoms with Gasteiger partial charge in [0.15, 0.2) is 11.5 Å². The number of nitrogens with one attached hydrogen (secondary N) is 2. The fourth-order valence-electron chi connectivity index (χ4n) is 2.48. The average Bonchev–Trinajstić information content (AvgIpc) is 3.34. The minimum Gasteiger partial charge on any atom is -0.484 e. The van der Waals surface area contributed by atoms with E-state index in [4.69, 9.17) is 9.26 Å². The van der Waals surface area contributed by atoms with Gasteiger partial charge in [0.1, 0.15) is 12.4 Å². The SMILES string of the molecule is CSc1ccccc1OCc1cc(C(=O)NCc2cc(C(C)(C)C)n[nH]2)no1. The number of hydrogen-bond donors (Lipinski definition) is 2. The first-order chi connectivity index (χ1) is 13.4. The maximum Gasteiger partial charge on any atom is 0.273 e. The van der Waals surface area contributed by atoms with Crippen LogP contribution in [-0.4, -0.2) is 27.5 Å². The van der Waals surface area contributed by atoms with Crippen molar-refractivity contribution >= 4 is 17.7 Å². The molecule has 3 rings (SSSR count). The molecule has 0 unspecified atom stereocenters. The van der Waals surface area contributed by atoms with Crippen LogP contribution >= 0.6 is 11.8 Å². The summed E-state index contributed by atoms with van der Waals surface area (Å²) in [5.41, 5.74) is 1.95. The molecule has 0 fully saturated rings. The molecule has 2 aromatic heterocycles. The van der Waals surface area contributed by atoms with E-state index in [1.165, 1.54) is 0 Å². The van der Waals surface area contributed by atoms with E-state index in [2.05, 4.69) is 41.4 Å². The van der Waals surface area contributed by atoms with Gasteiger partial charge in [-0.1, -0.05) is 38.1 Å². The number of aromatic nitrogens is 3. The molecule has 0 aliphatic rings. The molecule has 1 amide bonds. The first kappa shape index (κ1) is 20.0. The van der Waals surface area contributed by atoms with E-state index >= 15 is 0 Å². The van der Waals surface area contributed by atoms with Crippen LogP contribution in [0.2, 0.25) is 0 Å². The summed E-state index contributed by atoms with van der Waals surface area (Å²) in [7, 11) is 0. The van der Waals surface area contributed by atoms with E-state index in [1.807, 2.05) is 36.6 Å². The monoisotopic (exact) mass is 400 g/mol. The van der Waals surface area contributed by atoms with Crippen molar-refractivity contribution < 1.29 is 14.1 Å². The number of nitrogens with zero attached hydrogens (tertiary/aromatic N) is 2. The van der Waals surface area contributed by atoms with Gasteiger partial charge < -0.3 is 14.6 Å². The smallest absolute Gasteiger partial charge is 0.273 e. The van der Waals surface area contributed by atoms with Crippen LogP contribution in [0.1, 0.15) is 48.4 Å². The minimum absolute atomic E-state index is 0.0469. The van der Waals surface area contributed by atoms with Gasteiger partial charge in [0.05, 0.1) is 17.9 Å². The van der Waals surface area contributed by atoms with Crippen LogP contribution in [0, 0.1) is 0 Å². The van der Waals surface area contributed by atoms with E-state index in [-0.39, 0.29) is 23.6 Å². The van der Waals surface area contributed by atoms with Gasteiger partial charge in [-0.3, -0.25) is 9.89 Å². The topological polar surface area (TPSA) is 93.0 Å². The Morgan fingerprint density at radius 2 is 2.07 bits per heavy atom. The van der Waals surface area contributed by atoms with Crippen molar-refractivity contribution in [3.63, 3.8) is 0 Å². The third kappa shape index (κ3) is 4.95. The Morgan fingerprint density at radius 3 is 2.79 bits per heavy atom. The number of hydrogen-bond acceptors (Lipinski definition) is 6. The first-order valence-corrected chi connectivity index (χ1v) is 10.1. The van der Waals surface area contributed by atoms with Gasteiger partial charge >= 0.3 is 0 Å². The lowest BCUT2D eigenvalue weighted by Crippen LogP contribution is -2.23. The molecule has 7 nitrogen and oxygen atoms in total. The normalized spacial score (nSPS) is 11.4. The van der Waals surface area contributed by atoms with Crippen molar-refractivity contribution in [1.82, 2.24) is 20.7 Å². The molecule has 0 aliphatic heterocycles. The predicted molar refractivity (Wildman–Crippen MR) is 108 cm³/mol. The molecule has 0 aliphatic carbocycles. The maximum absolute atomic E-state index is 12.3. The molecular formula is C20H24N4O3S. The quantitative estimate of drug-likeness (QED) is 0.584. The zero-order chi connectivity index (χ0) is 20.1. The fourth-order valence-corrected chi connectivity index (χ4v) is 3.02. The highest BCUT2D eigenvalue weighted by Gasteiger charge is 2.18. The highest BCUT2D eigenvalue weighted by Crippen LogP contribution is 2.27. The van der Waals surface area contributed by atoms with Gasteiger partial charge in [0.2, 0.25) is 0 Å². The molecule has 2 N–H and O–H groups in total. The summed E-state index contributed by atoms with van der Waals surface area (Å²) < 4.78 is 11.0. The van der Waals surface area contributed by atoms with Gasteiger partial charge in [-0.15, -0.1) is 11.8 Å². The summed E-state index contributed by atoms with van der Waals surface area (Å²) >= 11 is 1.60. The molecular weight excluding hydrogens is 376 g/mol. The molecule has 0 radical (unpaired) electrons.